The van der Waals surface area contributed by atoms with Crippen LogP contribution in [0.4, 0.5) is 13.2 Å². The number of Topliss-reactive ketones (excluding diaryl/α,β-unsaturated/α-hetero) is 1. The summed E-state index contributed by atoms with van der Waals surface area (Å²) in [4.78, 5) is 17.4. The van der Waals surface area contributed by atoms with Crippen LogP contribution in [0, 0.1) is 17.2 Å². The first-order valence-corrected chi connectivity index (χ1v) is 8.83. The third kappa shape index (κ3) is 2.95. The standard InChI is InChI=1S/C21H16F3N3O/c1-27-18-9-5-4-8-17(18)26-20(27)15(11-25)19(28)14-10-13(14)12-6-2-3-7-16(12)21(22,23)24/h2-9,13-15H,10H2,1H3. The summed E-state index contributed by atoms with van der Waals surface area (Å²) in [5, 5.41) is 9.61. The number of aromatic nitrogens is 2. The van der Waals surface area contributed by atoms with Crippen molar-refractivity contribution in [1.29, 1.82) is 5.26 Å². The average Bonchev–Trinajstić information content (AvgIpc) is 3.41. The minimum atomic E-state index is -4.47. The summed E-state index contributed by atoms with van der Waals surface area (Å²) >= 11 is 0. The highest BCUT2D eigenvalue weighted by Gasteiger charge is 2.50. The number of hydrogen-bond acceptors (Lipinski definition) is 3. The largest absolute Gasteiger partial charge is 0.416 e. The van der Waals surface area contributed by atoms with Crippen molar-refractivity contribution in [1.82, 2.24) is 9.55 Å². The molecular weight excluding hydrogens is 367 g/mol. The fourth-order valence-corrected chi connectivity index (χ4v) is 3.82. The third-order valence-electron chi connectivity index (χ3n) is 5.32. The maximum absolute atomic E-state index is 13.3. The monoisotopic (exact) mass is 383 g/mol. The Bertz CT molecular complexity index is 1110. The van der Waals surface area contributed by atoms with E-state index in [2.05, 4.69) is 4.98 Å². The highest BCUT2D eigenvalue weighted by atomic mass is 19.4. The van der Waals surface area contributed by atoms with Gasteiger partial charge in [-0.1, -0.05) is 30.3 Å². The van der Waals surface area contributed by atoms with Crippen LogP contribution in [0.3, 0.4) is 0 Å². The first-order valence-electron chi connectivity index (χ1n) is 8.83. The lowest BCUT2D eigenvalue weighted by atomic mass is 9.96. The van der Waals surface area contributed by atoms with E-state index in [1.807, 2.05) is 24.3 Å². The first kappa shape index (κ1) is 18.2. The molecule has 3 unspecified atom stereocenters. The van der Waals surface area contributed by atoms with Crippen molar-refractivity contribution in [2.45, 2.75) is 24.4 Å². The second-order valence-electron chi connectivity index (χ2n) is 7.02. The smallest absolute Gasteiger partial charge is 0.330 e. The number of aryl methyl sites for hydroxylation is 1. The van der Waals surface area contributed by atoms with E-state index in [0.717, 1.165) is 11.6 Å². The van der Waals surface area contributed by atoms with Gasteiger partial charge in [0, 0.05) is 13.0 Å². The number of nitriles is 1. The predicted molar refractivity (Wildman–Crippen MR) is 96.4 cm³/mol. The summed E-state index contributed by atoms with van der Waals surface area (Å²) in [7, 11) is 1.73. The van der Waals surface area contributed by atoms with Crippen molar-refractivity contribution >= 4 is 16.8 Å². The molecule has 3 atom stereocenters. The first-order chi connectivity index (χ1) is 13.3. The molecule has 7 heteroatoms. The number of ketones is 1. The van der Waals surface area contributed by atoms with E-state index in [0.29, 0.717) is 17.8 Å². The molecule has 2 aromatic carbocycles. The zero-order valence-electron chi connectivity index (χ0n) is 14.9. The van der Waals surface area contributed by atoms with Gasteiger partial charge in [0.25, 0.3) is 0 Å². The molecule has 0 saturated heterocycles. The van der Waals surface area contributed by atoms with Gasteiger partial charge in [0.1, 0.15) is 5.82 Å². The number of hydrogen-bond donors (Lipinski definition) is 0. The zero-order valence-corrected chi connectivity index (χ0v) is 14.9. The molecule has 1 aromatic heterocycles. The Morgan fingerprint density at radius 1 is 1.21 bits per heavy atom. The van der Waals surface area contributed by atoms with Gasteiger partial charge in [-0.3, -0.25) is 4.79 Å². The lowest BCUT2D eigenvalue weighted by molar-refractivity contribution is -0.138. The molecule has 1 fully saturated rings. The van der Waals surface area contributed by atoms with Gasteiger partial charge < -0.3 is 4.57 Å². The molecule has 0 radical (unpaired) electrons. The molecule has 28 heavy (non-hydrogen) atoms. The van der Waals surface area contributed by atoms with Gasteiger partial charge in [0.2, 0.25) is 0 Å². The Morgan fingerprint density at radius 2 is 1.89 bits per heavy atom. The fourth-order valence-electron chi connectivity index (χ4n) is 3.82. The summed E-state index contributed by atoms with van der Waals surface area (Å²) in [6.45, 7) is 0. The Balaban J connectivity index is 1.64. The highest BCUT2D eigenvalue weighted by molar-refractivity contribution is 5.93. The van der Waals surface area contributed by atoms with E-state index in [-0.39, 0.29) is 11.3 Å². The van der Waals surface area contributed by atoms with Gasteiger partial charge in [-0.2, -0.15) is 18.4 Å². The van der Waals surface area contributed by atoms with Crippen molar-refractivity contribution in [3.63, 3.8) is 0 Å². The van der Waals surface area contributed by atoms with E-state index in [1.165, 1.54) is 18.2 Å². The van der Waals surface area contributed by atoms with Crippen LogP contribution in [0.25, 0.3) is 11.0 Å². The topological polar surface area (TPSA) is 58.7 Å². The molecule has 1 aliphatic rings. The number of carbonyl (C=O) groups excluding carboxylic acids is 1. The molecule has 1 aliphatic carbocycles. The molecular formula is C21H16F3N3O. The van der Waals surface area contributed by atoms with E-state index in [9.17, 15) is 23.2 Å². The number of rotatable bonds is 4. The van der Waals surface area contributed by atoms with Crippen LogP contribution in [-0.4, -0.2) is 15.3 Å². The van der Waals surface area contributed by atoms with Crippen LogP contribution in [0.1, 0.15) is 35.2 Å². The van der Waals surface area contributed by atoms with E-state index in [4.69, 9.17) is 0 Å². The predicted octanol–water partition coefficient (Wildman–Crippen LogP) is 4.57. The molecule has 4 rings (SSSR count). The molecule has 4 nitrogen and oxygen atoms in total. The number of para-hydroxylation sites is 2. The molecule has 142 valence electrons. The zero-order chi connectivity index (χ0) is 20.1. The van der Waals surface area contributed by atoms with E-state index in [1.54, 1.807) is 17.7 Å². The number of fused-ring (bicyclic) bond motifs is 1. The number of benzene rings is 2. The van der Waals surface area contributed by atoms with Crippen LogP contribution in [0.5, 0.6) is 0 Å². The second-order valence-corrected chi connectivity index (χ2v) is 7.02. The van der Waals surface area contributed by atoms with Crippen LogP contribution in [0.2, 0.25) is 0 Å². The Kier molecular flexibility index (Phi) is 4.22. The molecule has 0 spiro atoms. The van der Waals surface area contributed by atoms with Crippen molar-refractivity contribution < 1.29 is 18.0 Å². The quantitative estimate of drug-likeness (QED) is 0.663. The molecule has 0 N–H and O–H groups in total. The summed E-state index contributed by atoms with van der Waals surface area (Å²) in [6.07, 6.45) is -4.16. The van der Waals surface area contributed by atoms with Gasteiger partial charge in [-0.25, -0.2) is 4.98 Å². The maximum Gasteiger partial charge on any atom is 0.416 e. The minimum Gasteiger partial charge on any atom is -0.330 e. The van der Waals surface area contributed by atoms with Crippen molar-refractivity contribution in [2.75, 3.05) is 0 Å². The Hall–Kier alpha value is -3.14. The van der Waals surface area contributed by atoms with E-state index < -0.39 is 29.5 Å². The number of alkyl halides is 3. The van der Waals surface area contributed by atoms with E-state index >= 15 is 0 Å². The number of nitrogens with zero attached hydrogens (tertiary/aromatic N) is 3. The van der Waals surface area contributed by atoms with Crippen LogP contribution in [-0.2, 0) is 18.0 Å². The molecule has 1 saturated carbocycles. The van der Waals surface area contributed by atoms with Crippen LogP contribution in [0.15, 0.2) is 48.5 Å². The summed E-state index contributed by atoms with van der Waals surface area (Å²) in [5.41, 5.74) is 0.865. The molecule has 0 amide bonds. The number of carbonyl (C=O) groups is 1. The van der Waals surface area contributed by atoms with Gasteiger partial charge in [-0.15, -0.1) is 0 Å². The number of halogens is 3. The summed E-state index contributed by atoms with van der Waals surface area (Å²) in [5.74, 6) is -2.28. The average molecular weight is 383 g/mol. The Labute approximate surface area is 159 Å². The summed E-state index contributed by atoms with van der Waals surface area (Å²) in [6, 6.07) is 14.6. The lowest BCUT2D eigenvalue weighted by Gasteiger charge is -2.13. The van der Waals surface area contributed by atoms with Crippen molar-refractivity contribution in [2.24, 2.45) is 13.0 Å². The van der Waals surface area contributed by atoms with Crippen molar-refractivity contribution in [3.8, 4) is 6.07 Å². The second kappa shape index (κ2) is 6.48. The van der Waals surface area contributed by atoms with Gasteiger partial charge >= 0.3 is 6.18 Å². The SMILES string of the molecule is Cn1c(C(C#N)C(=O)C2CC2c2ccccc2C(F)(F)F)nc2ccccc21. The third-order valence-corrected chi connectivity index (χ3v) is 5.32. The minimum absolute atomic E-state index is 0.120. The Morgan fingerprint density at radius 3 is 2.57 bits per heavy atom. The summed E-state index contributed by atoms with van der Waals surface area (Å²) < 4.78 is 41.5. The van der Waals surface area contributed by atoms with Crippen LogP contribution < -0.4 is 0 Å². The molecule has 3 aromatic rings. The van der Waals surface area contributed by atoms with Gasteiger partial charge in [0.15, 0.2) is 11.7 Å². The van der Waals surface area contributed by atoms with Gasteiger partial charge in [0.05, 0.1) is 22.7 Å². The molecule has 0 aliphatic heterocycles. The molecule has 1 heterocycles. The molecule has 0 bridgehead atoms. The fraction of sp³-hybridized carbons (Fsp3) is 0.286. The lowest BCUT2D eigenvalue weighted by Crippen LogP contribution is -2.18. The van der Waals surface area contributed by atoms with Gasteiger partial charge in [-0.05, 0) is 36.1 Å². The normalized spacial score (nSPS) is 20.0. The van der Waals surface area contributed by atoms with Crippen LogP contribution >= 0.6 is 0 Å². The van der Waals surface area contributed by atoms with Crippen molar-refractivity contribution in [3.05, 3.63) is 65.5 Å². The number of imidazole rings is 1. The maximum atomic E-state index is 13.3. The highest BCUT2D eigenvalue weighted by Crippen LogP contribution is 2.52.